The highest BCUT2D eigenvalue weighted by molar-refractivity contribution is 5.92. The maximum atomic E-state index is 12.3. The van der Waals surface area contributed by atoms with Crippen LogP contribution in [0.3, 0.4) is 0 Å². The van der Waals surface area contributed by atoms with Crippen molar-refractivity contribution >= 4 is 5.91 Å². The summed E-state index contributed by atoms with van der Waals surface area (Å²) in [5.74, 6) is 1.29. The molecule has 96 valence electrons. The van der Waals surface area contributed by atoms with E-state index in [2.05, 4.69) is 9.97 Å². The topological polar surface area (TPSA) is 72.1 Å². The fraction of sp³-hybridized carbons (Fsp3) is 0.615. The second-order valence-corrected chi connectivity index (χ2v) is 5.23. The normalized spacial score (nSPS) is 24.1. The zero-order chi connectivity index (χ0) is 12.5. The molecule has 1 saturated carbocycles. The van der Waals surface area contributed by atoms with Crippen LogP contribution in [0.1, 0.15) is 47.9 Å². The minimum absolute atomic E-state index is 0.00514. The highest BCUT2D eigenvalue weighted by Crippen LogP contribution is 2.37. The van der Waals surface area contributed by atoms with Gasteiger partial charge in [-0.25, -0.2) is 9.97 Å². The third kappa shape index (κ3) is 2.36. The van der Waals surface area contributed by atoms with E-state index in [9.17, 15) is 4.79 Å². The van der Waals surface area contributed by atoms with Crippen molar-refractivity contribution in [1.29, 1.82) is 0 Å². The Hall–Kier alpha value is -1.49. The van der Waals surface area contributed by atoms with E-state index in [0.717, 1.165) is 38.1 Å². The third-order valence-corrected chi connectivity index (χ3v) is 3.58. The number of nitrogens with two attached hydrogens (primary N) is 1. The van der Waals surface area contributed by atoms with Crippen LogP contribution in [0.4, 0.5) is 0 Å². The van der Waals surface area contributed by atoms with Gasteiger partial charge in [0.05, 0.1) is 0 Å². The molecule has 2 aliphatic rings. The van der Waals surface area contributed by atoms with Crippen LogP contribution in [-0.4, -0.2) is 39.9 Å². The van der Waals surface area contributed by atoms with E-state index in [-0.39, 0.29) is 11.9 Å². The number of aromatic nitrogens is 2. The molecule has 5 heteroatoms. The molecule has 18 heavy (non-hydrogen) atoms. The standard InChI is InChI=1S/C13H18N4O/c14-10-2-1-7-17(8-10)13(18)11-5-6-15-12(16-11)9-3-4-9/h5-6,9-10H,1-4,7-8,14H2/t10-/m1/s1. The van der Waals surface area contributed by atoms with Gasteiger partial charge in [-0.15, -0.1) is 0 Å². The van der Waals surface area contributed by atoms with E-state index in [1.54, 1.807) is 12.3 Å². The van der Waals surface area contributed by atoms with E-state index in [1.807, 2.05) is 4.90 Å². The van der Waals surface area contributed by atoms with Crippen molar-refractivity contribution in [2.45, 2.75) is 37.6 Å². The minimum atomic E-state index is -0.00514. The monoisotopic (exact) mass is 246 g/mol. The number of carbonyl (C=O) groups excluding carboxylic acids is 1. The van der Waals surface area contributed by atoms with E-state index in [0.29, 0.717) is 18.2 Å². The summed E-state index contributed by atoms with van der Waals surface area (Å²) in [6.07, 6.45) is 5.96. The molecule has 1 amide bonds. The summed E-state index contributed by atoms with van der Waals surface area (Å²) in [6.45, 7) is 1.43. The summed E-state index contributed by atoms with van der Waals surface area (Å²) in [5.41, 5.74) is 6.42. The number of likely N-dealkylation sites (tertiary alicyclic amines) is 1. The largest absolute Gasteiger partial charge is 0.336 e. The molecular weight excluding hydrogens is 228 g/mol. The van der Waals surface area contributed by atoms with Gasteiger partial charge in [0.15, 0.2) is 0 Å². The molecule has 0 radical (unpaired) electrons. The average molecular weight is 246 g/mol. The quantitative estimate of drug-likeness (QED) is 0.842. The van der Waals surface area contributed by atoms with Crippen molar-refractivity contribution in [1.82, 2.24) is 14.9 Å². The number of nitrogens with zero attached hydrogens (tertiary/aromatic N) is 3. The predicted molar refractivity (Wildman–Crippen MR) is 67.1 cm³/mol. The van der Waals surface area contributed by atoms with Gasteiger partial charge in [-0.05, 0) is 31.7 Å². The molecule has 2 fully saturated rings. The van der Waals surface area contributed by atoms with Crippen LogP contribution in [0.15, 0.2) is 12.3 Å². The highest BCUT2D eigenvalue weighted by Gasteiger charge is 2.28. The van der Waals surface area contributed by atoms with E-state index < -0.39 is 0 Å². The van der Waals surface area contributed by atoms with Gasteiger partial charge in [0.1, 0.15) is 11.5 Å². The van der Waals surface area contributed by atoms with Crippen molar-refractivity contribution in [2.75, 3.05) is 13.1 Å². The van der Waals surface area contributed by atoms with Crippen LogP contribution in [0.5, 0.6) is 0 Å². The van der Waals surface area contributed by atoms with Gasteiger partial charge in [0.25, 0.3) is 5.91 Å². The Morgan fingerprint density at radius 3 is 2.94 bits per heavy atom. The maximum absolute atomic E-state index is 12.3. The van der Waals surface area contributed by atoms with Crippen LogP contribution in [0.2, 0.25) is 0 Å². The molecule has 1 aromatic heterocycles. The molecule has 2 N–H and O–H groups in total. The molecule has 3 rings (SSSR count). The lowest BCUT2D eigenvalue weighted by molar-refractivity contribution is 0.0702. The van der Waals surface area contributed by atoms with Crippen molar-refractivity contribution < 1.29 is 4.79 Å². The zero-order valence-corrected chi connectivity index (χ0v) is 10.4. The van der Waals surface area contributed by atoms with E-state index in [1.165, 1.54) is 0 Å². The fourth-order valence-corrected chi connectivity index (χ4v) is 2.39. The molecular formula is C13H18N4O. The first-order chi connectivity index (χ1) is 8.74. The Labute approximate surface area is 106 Å². The first kappa shape index (κ1) is 11.6. The number of piperidine rings is 1. The van der Waals surface area contributed by atoms with Crippen molar-refractivity contribution in [3.8, 4) is 0 Å². The lowest BCUT2D eigenvalue weighted by Gasteiger charge is -2.30. The summed E-state index contributed by atoms with van der Waals surface area (Å²) in [7, 11) is 0. The fourth-order valence-electron chi connectivity index (χ4n) is 2.39. The molecule has 5 nitrogen and oxygen atoms in total. The Balaban J connectivity index is 1.76. The molecule has 0 aromatic carbocycles. The van der Waals surface area contributed by atoms with Gasteiger partial charge in [0, 0.05) is 31.2 Å². The van der Waals surface area contributed by atoms with Gasteiger partial charge in [-0.2, -0.15) is 0 Å². The van der Waals surface area contributed by atoms with Crippen molar-refractivity contribution in [3.63, 3.8) is 0 Å². The molecule has 1 saturated heterocycles. The summed E-state index contributed by atoms with van der Waals surface area (Å²) < 4.78 is 0. The molecule has 0 unspecified atom stereocenters. The Kier molecular flexibility index (Phi) is 2.99. The van der Waals surface area contributed by atoms with Crippen molar-refractivity contribution in [3.05, 3.63) is 23.8 Å². The first-order valence-corrected chi connectivity index (χ1v) is 6.62. The summed E-state index contributed by atoms with van der Waals surface area (Å²) >= 11 is 0. The van der Waals surface area contributed by atoms with Gasteiger partial charge in [-0.1, -0.05) is 0 Å². The highest BCUT2D eigenvalue weighted by atomic mass is 16.2. The molecule has 1 atom stereocenters. The van der Waals surface area contributed by atoms with Gasteiger partial charge in [-0.3, -0.25) is 4.79 Å². The van der Waals surface area contributed by atoms with Crippen LogP contribution < -0.4 is 5.73 Å². The van der Waals surface area contributed by atoms with E-state index in [4.69, 9.17) is 5.73 Å². The molecule has 2 heterocycles. The minimum Gasteiger partial charge on any atom is -0.336 e. The predicted octanol–water partition coefficient (Wildman–Crippen LogP) is 0.917. The number of hydrogen-bond donors (Lipinski definition) is 1. The van der Waals surface area contributed by atoms with Gasteiger partial charge < -0.3 is 10.6 Å². The summed E-state index contributed by atoms with van der Waals surface area (Å²) in [5, 5.41) is 0. The van der Waals surface area contributed by atoms with Crippen LogP contribution in [-0.2, 0) is 0 Å². The molecule has 1 aromatic rings. The lowest BCUT2D eigenvalue weighted by Crippen LogP contribution is -2.46. The zero-order valence-electron chi connectivity index (χ0n) is 10.4. The summed E-state index contributed by atoms with van der Waals surface area (Å²) in [4.78, 5) is 22.8. The van der Waals surface area contributed by atoms with Gasteiger partial charge in [0.2, 0.25) is 0 Å². The molecule has 0 spiro atoms. The van der Waals surface area contributed by atoms with Crippen molar-refractivity contribution in [2.24, 2.45) is 5.73 Å². The van der Waals surface area contributed by atoms with Crippen LogP contribution in [0.25, 0.3) is 0 Å². The molecule has 0 bridgehead atoms. The molecule has 1 aliphatic carbocycles. The Morgan fingerprint density at radius 2 is 2.22 bits per heavy atom. The van der Waals surface area contributed by atoms with Crippen LogP contribution in [0, 0.1) is 0 Å². The average Bonchev–Trinajstić information content (AvgIpc) is 3.22. The number of carbonyl (C=O) groups is 1. The third-order valence-electron chi connectivity index (χ3n) is 3.58. The number of hydrogen-bond acceptors (Lipinski definition) is 4. The van der Waals surface area contributed by atoms with Gasteiger partial charge >= 0.3 is 0 Å². The number of amides is 1. The SMILES string of the molecule is N[C@@H]1CCCN(C(=O)c2ccnc(C3CC3)n2)C1. The number of rotatable bonds is 2. The first-order valence-electron chi connectivity index (χ1n) is 6.62. The maximum Gasteiger partial charge on any atom is 0.272 e. The van der Waals surface area contributed by atoms with Crippen LogP contribution >= 0.6 is 0 Å². The lowest BCUT2D eigenvalue weighted by atomic mass is 10.1. The second kappa shape index (κ2) is 4.65. The van der Waals surface area contributed by atoms with E-state index >= 15 is 0 Å². The summed E-state index contributed by atoms with van der Waals surface area (Å²) in [6, 6.07) is 1.81. The Bertz CT molecular complexity index is 458. The second-order valence-electron chi connectivity index (χ2n) is 5.23. The molecule has 1 aliphatic heterocycles. The smallest absolute Gasteiger partial charge is 0.272 e. The Morgan fingerprint density at radius 1 is 1.39 bits per heavy atom.